The van der Waals surface area contributed by atoms with E-state index in [4.69, 9.17) is 16.3 Å². The van der Waals surface area contributed by atoms with E-state index >= 15 is 0 Å². The van der Waals surface area contributed by atoms with Crippen molar-refractivity contribution >= 4 is 67.4 Å². The van der Waals surface area contributed by atoms with Crippen LogP contribution in [0.5, 0.6) is 0 Å². The molecule has 2 heterocycles. The fourth-order valence-electron chi connectivity index (χ4n) is 2.47. The topological polar surface area (TPSA) is 104 Å². The third-order valence-corrected chi connectivity index (χ3v) is 5.98. The van der Waals surface area contributed by atoms with Gasteiger partial charge in [-0.25, -0.2) is 0 Å². The molecule has 0 saturated carbocycles. The van der Waals surface area contributed by atoms with Crippen LogP contribution in [0, 0.1) is 10.1 Å². The first-order valence-electron chi connectivity index (χ1n) is 8.33. The van der Waals surface area contributed by atoms with Crippen molar-refractivity contribution in [3.63, 3.8) is 0 Å². The number of nitrogens with zero attached hydrogens (tertiary/aromatic N) is 3. The predicted octanol–water partition coefficient (Wildman–Crippen LogP) is 4.03. The van der Waals surface area contributed by atoms with Crippen LogP contribution in [0.2, 0.25) is 5.02 Å². The van der Waals surface area contributed by atoms with E-state index in [2.05, 4.69) is 4.99 Å². The molecule has 0 atom stereocenters. The lowest BCUT2D eigenvalue weighted by atomic mass is 10.3. The van der Waals surface area contributed by atoms with Gasteiger partial charge in [-0.3, -0.25) is 19.7 Å². The molecule has 0 unspecified atom stereocenters. The Morgan fingerprint density at radius 3 is 2.79 bits per heavy atom. The minimum absolute atomic E-state index is 0.0135. The lowest BCUT2D eigenvalue weighted by molar-refractivity contribution is -0.380. The maximum absolute atomic E-state index is 12.3. The quantitative estimate of drug-likeness (QED) is 0.243. The number of halogens is 1. The molecule has 0 spiro atoms. The molecule has 0 aliphatic rings. The van der Waals surface area contributed by atoms with Crippen LogP contribution in [0.4, 0.5) is 5.00 Å². The van der Waals surface area contributed by atoms with Gasteiger partial charge in [0.05, 0.1) is 26.8 Å². The molecule has 150 valence electrons. The van der Waals surface area contributed by atoms with E-state index in [1.807, 2.05) is 6.07 Å². The normalized spacial score (nSPS) is 12.0. The number of thiophene rings is 1. The molecule has 0 fully saturated rings. The third kappa shape index (κ3) is 4.97. The van der Waals surface area contributed by atoms with Crippen molar-refractivity contribution in [3.05, 3.63) is 61.2 Å². The molecule has 1 amide bonds. The molecule has 29 heavy (non-hydrogen) atoms. The first-order chi connectivity index (χ1) is 13.9. The zero-order valence-corrected chi connectivity index (χ0v) is 17.4. The van der Waals surface area contributed by atoms with E-state index in [0.717, 1.165) is 16.0 Å². The standard InChI is InChI=1S/C18H14ClN3O5S2/c1-2-27-16(24)10-21-17-12(19)4-3-5-13(17)29-18(21)20-14(23)8-6-11-7-9-15(28-11)22(25)26/h3-9H,2,10H2,1H3/b8-6+,20-18?. The van der Waals surface area contributed by atoms with E-state index in [-0.39, 0.29) is 18.2 Å². The molecule has 2 aromatic heterocycles. The molecule has 3 rings (SSSR count). The number of benzene rings is 1. The van der Waals surface area contributed by atoms with Gasteiger partial charge in [0.2, 0.25) is 0 Å². The number of thiazole rings is 1. The summed E-state index contributed by atoms with van der Waals surface area (Å²) < 4.78 is 7.31. The molecule has 3 aromatic rings. The summed E-state index contributed by atoms with van der Waals surface area (Å²) in [6.45, 7) is 1.80. The highest BCUT2D eigenvalue weighted by Crippen LogP contribution is 2.26. The minimum atomic E-state index is -0.568. The van der Waals surface area contributed by atoms with E-state index in [1.54, 1.807) is 29.7 Å². The average molecular weight is 452 g/mol. The molecule has 0 N–H and O–H groups in total. The van der Waals surface area contributed by atoms with Gasteiger partial charge in [0.1, 0.15) is 6.54 Å². The van der Waals surface area contributed by atoms with Gasteiger partial charge >= 0.3 is 11.0 Å². The molecular weight excluding hydrogens is 438 g/mol. The summed E-state index contributed by atoms with van der Waals surface area (Å²) in [5, 5.41) is 11.2. The van der Waals surface area contributed by atoms with Crippen LogP contribution in [0.3, 0.4) is 0 Å². The van der Waals surface area contributed by atoms with Gasteiger partial charge < -0.3 is 9.30 Å². The Hall–Kier alpha value is -2.82. The SMILES string of the molecule is CCOC(=O)Cn1c(=NC(=O)/C=C/c2ccc([N+](=O)[O-])s2)sc2cccc(Cl)c21. The van der Waals surface area contributed by atoms with Crippen LogP contribution in [0.1, 0.15) is 11.8 Å². The van der Waals surface area contributed by atoms with Gasteiger partial charge in [0, 0.05) is 17.0 Å². The second-order valence-electron chi connectivity index (χ2n) is 5.58. The Morgan fingerprint density at radius 2 is 2.10 bits per heavy atom. The zero-order valence-electron chi connectivity index (χ0n) is 15.0. The maximum Gasteiger partial charge on any atom is 0.326 e. The molecule has 8 nitrogen and oxygen atoms in total. The monoisotopic (exact) mass is 451 g/mol. The first kappa shape index (κ1) is 20.9. The second kappa shape index (κ2) is 9.12. The van der Waals surface area contributed by atoms with Crippen LogP contribution in [-0.2, 0) is 20.9 Å². The third-order valence-electron chi connectivity index (χ3n) is 3.63. The van der Waals surface area contributed by atoms with Crippen LogP contribution in [0.25, 0.3) is 16.3 Å². The van der Waals surface area contributed by atoms with E-state index < -0.39 is 16.8 Å². The van der Waals surface area contributed by atoms with Gasteiger partial charge in [-0.05, 0) is 31.2 Å². The fourth-order valence-corrected chi connectivity index (χ4v) is 4.59. The average Bonchev–Trinajstić information content (AvgIpc) is 3.26. The zero-order chi connectivity index (χ0) is 21.0. The summed E-state index contributed by atoms with van der Waals surface area (Å²) in [6.07, 6.45) is 2.68. The summed E-state index contributed by atoms with van der Waals surface area (Å²) >= 11 is 8.45. The highest BCUT2D eigenvalue weighted by molar-refractivity contribution is 7.16. The van der Waals surface area contributed by atoms with Gasteiger partial charge in [-0.1, -0.05) is 40.3 Å². The lowest BCUT2D eigenvalue weighted by Crippen LogP contribution is -2.23. The lowest BCUT2D eigenvalue weighted by Gasteiger charge is -2.05. The number of nitro groups is 1. The van der Waals surface area contributed by atoms with Crippen LogP contribution >= 0.6 is 34.3 Å². The Balaban J connectivity index is 1.96. The van der Waals surface area contributed by atoms with Gasteiger partial charge in [-0.15, -0.1) is 0 Å². The molecule has 0 aliphatic heterocycles. The summed E-state index contributed by atoms with van der Waals surface area (Å²) in [5.74, 6) is -1.04. The Labute approximate surface area is 177 Å². The molecule has 1 aromatic carbocycles. The highest BCUT2D eigenvalue weighted by Gasteiger charge is 2.14. The van der Waals surface area contributed by atoms with Crippen molar-refractivity contribution in [2.75, 3.05) is 6.61 Å². The number of para-hydroxylation sites is 1. The van der Waals surface area contributed by atoms with Crippen molar-refractivity contribution in [2.45, 2.75) is 13.5 Å². The summed E-state index contributed by atoms with van der Waals surface area (Å²) in [4.78, 5) is 39.5. The first-order valence-corrected chi connectivity index (χ1v) is 10.3. The number of rotatable bonds is 6. The largest absolute Gasteiger partial charge is 0.465 e. The number of amides is 1. The van der Waals surface area contributed by atoms with Gasteiger partial charge in [0.15, 0.2) is 4.80 Å². The Morgan fingerprint density at radius 1 is 1.31 bits per heavy atom. The second-order valence-corrected chi connectivity index (χ2v) is 8.09. The number of carbonyl (C=O) groups excluding carboxylic acids is 2. The van der Waals surface area contributed by atoms with Crippen LogP contribution < -0.4 is 4.80 Å². The number of carbonyl (C=O) groups is 2. The number of aromatic nitrogens is 1. The highest BCUT2D eigenvalue weighted by atomic mass is 35.5. The number of fused-ring (bicyclic) bond motifs is 1. The fraction of sp³-hybridized carbons (Fsp3) is 0.167. The number of esters is 1. The van der Waals surface area contributed by atoms with E-state index in [9.17, 15) is 19.7 Å². The van der Waals surface area contributed by atoms with Crippen molar-refractivity contribution in [1.29, 1.82) is 0 Å². The molecule has 11 heteroatoms. The summed E-state index contributed by atoms with van der Waals surface area (Å²) in [5.41, 5.74) is 0.594. The molecule has 0 saturated heterocycles. The van der Waals surface area contributed by atoms with Crippen molar-refractivity contribution in [3.8, 4) is 0 Å². The van der Waals surface area contributed by atoms with Crippen molar-refractivity contribution in [2.24, 2.45) is 4.99 Å². The van der Waals surface area contributed by atoms with Gasteiger partial charge in [0.25, 0.3) is 5.91 Å². The van der Waals surface area contributed by atoms with E-state index in [0.29, 0.717) is 20.2 Å². The Bertz CT molecular complexity index is 1190. The Kier molecular flexibility index (Phi) is 6.57. The number of hydrogen-bond acceptors (Lipinski definition) is 7. The van der Waals surface area contributed by atoms with Gasteiger partial charge in [-0.2, -0.15) is 4.99 Å². The molecule has 0 bridgehead atoms. The molecular formula is C18H14ClN3O5S2. The summed E-state index contributed by atoms with van der Waals surface area (Å²) in [7, 11) is 0. The maximum atomic E-state index is 12.3. The van der Waals surface area contributed by atoms with Crippen molar-refractivity contribution in [1.82, 2.24) is 4.57 Å². The minimum Gasteiger partial charge on any atom is -0.465 e. The van der Waals surface area contributed by atoms with E-state index in [1.165, 1.54) is 29.6 Å². The smallest absolute Gasteiger partial charge is 0.326 e. The summed E-state index contributed by atoms with van der Waals surface area (Å²) in [6, 6.07) is 8.19. The van der Waals surface area contributed by atoms with Crippen LogP contribution in [-0.4, -0.2) is 28.0 Å². The number of hydrogen-bond donors (Lipinski definition) is 0. The number of ether oxygens (including phenoxy) is 1. The molecule has 0 aliphatic carbocycles. The van der Waals surface area contributed by atoms with Crippen LogP contribution in [0.15, 0.2) is 41.4 Å². The van der Waals surface area contributed by atoms with Crippen molar-refractivity contribution < 1.29 is 19.2 Å². The predicted molar refractivity (Wildman–Crippen MR) is 112 cm³/mol. The molecule has 0 radical (unpaired) electrons.